The second-order valence-corrected chi connectivity index (χ2v) is 4.90. The number of carbonyl (C=O) groups is 1. The van der Waals surface area contributed by atoms with Crippen LogP contribution in [0.3, 0.4) is 0 Å². The van der Waals surface area contributed by atoms with Gasteiger partial charge in [0.25, 0.3) is 0 Å². The number of primary amides is 1. The number of nitrogens with two attached hydrogens (primary N) is 1. The van der Waals surface area contributed by atoms with Crippen molar-refractivity contribution in [2.24, 2.45) is 11.7 Å². The van der Waals surface area contributed by atoms with Gasteiger partial charge in [0.15, 0.2) is 0 Å². The number of allylic oxidation sites excluding steroid dienone is 5. The summed E-state index contributed by atoms with van der Waals surface area (Å²) in [5.41, 5.74) is 5.69. The summed E-state index contributed by atoms with van der Waals surface area (Å²) in [7, 11) is 0. The van der Waals surface area contributed by atoms with Crippen molar-refractivity contribution in [3.05, 3.63) is 59.9 Å². The molecule has 21 heavy (non-hydrogen) atoms. The van der Waals surface area contributed by atoms with Crippen LogP contribution in [0.15, 0.2) is 59.9 Å². The number of nitrogens with one attached hydrogen (secondary N) is 1. The van der Waals surface area contributed by atoms with Crippen molar-refractivity contribution in [2.45, 2.75) is 19.8 Å². The van der Waals surface area contributed by atoms with E-state index in [-0.39, 0.29) is 5.76 Å². The first kappa shape index (κ1) is 17.0. The van der Waals surface area contributed by atoms with Gasteiger partial charge >= 0.3 is 0 Å². The molecule has 0 radical (unpaired) electrons. The number of hydrogen-bond acceptors (Lipinski definition) is 3. The van der Waals surface area contributed by atoms with E-state index in [9.17, 15) is 9.90 Å². The lowest BCUT2D eigenvalue weighted by atomic mass is 10.1. The highest BCUT2D eigenvalue weighted by atomic mass is 16.3. The first-order valence-corrected chi connectivity index (χ1v) is 7.28. The summed E-state index contributed by atoms with van der Waals surface area (Å²) in [5, 5.41) is 13.3. The molecule has 1 rings (SSSR count). The van der Waals surface area contributed by atoms with E-state index in [1.54, 1.807) is 0 Å². The molecule has 1 amide bonds. The number of hydrogen-bond donors (Lipinski definition) is 3. The molecule has 0 aromatic carbocycles. The van der Waals surface area contributed by atoms with Crippen LogP contribution in [0.5, 0.6) is 0 Å². The molecule has 0 aliphatic heterocycles. The van der Waals surface area contributed by atoms with Gasteiger partial charge in [-0.25, -0.2) is 0 Å². The van der Waals surface area contributed by atoms with Crippen molar-refractivity contribution in [1.29, 1.82) is 0 Å². The van der Waals surface area contributed by atoms with Crippen LogP contribution in [-0.2, 0) is 4.79 Å². The lowest BCUT2D eigenvalue weighted by molar-refractivity contribution is -0.113. The Bertz CT molecular complexity index is 485. The Kier molecular flexibility index (Phi) is 7.90. The molecule has 4 N–H and O–H groups in total. The Labute approximate surface area is 126 Å². The highest BCUT2D eigenvalue weighted by Gasteiger charge is 2.05. The maximum Gasteiger partial charge on any atom is 0.241 e. The normalized spacial score (nSPS) is 18.8. The molecule has 0 bridgehead atoms. The first-order chi connectivity index (χ1) is 10.1. The molecule has 1 unspecified atom stereocenters. The molecule has 0 aromatic rings. The largest absolute Gasteiger partial charge is 0.507 e. The van der Waals surface area contributed by atoms with Gasteiger partial charge in [-0.15, -0.1) is 0 Å². The minimum absolute atomic E-state index is 0.105. The Morgan fingerprint density at radius 2 is 2.29 bits per heavy atom. The van der Waals surface area contributed by atoms with Gasteiger partial charge in [0, 0.05) is 24.1 Å². The van der Waals surface area contributed by atoms with Gasteiger partial charge in [-0.2, -0.15) is 0 Å². The summed E-state index contributed by atoms with van der Waals surface area (Å²) < 4.78 is 0. The standard InChI is InChI=1S/C17H24N2O2/c1-2-3-12-19-13-14-6-4-7-15(11-10-14)16(20)8-5-9-17(18)21/h4-11,14,19-20H,2-3,12-13H2,1H3,(H2,18,21)/b9-5+,16-8-. The molecule has 0 aromatic heterocycles. The smallest absolute Gasteiger partial charge is 0.241 e. The minimum atomic E-state index is -0.539. The number of carbonyl (C=O) groups excluding carboxylic acids is 1. The fourth-order valence-electron chi connectivity index (χ4n) is 1.86. The number of unbranched alkanes of at least 4 members (excludes halogenated alkanes) is 1. The Morgan fingerprint density at radius 3 is 3.00 bits per heavy atom. The Hall–Kier alpha value is -2.07. The van der Waals surface area contributed by atoms with E-state index in [2.05, 4.69) is 24.4 Å². The number of aliphatic hydroxyl groups excluding tert-OH is 1. The van der Waals surface area contributed by atoms with Crippen LogP contribution in [0.25, 0.3) is 0 Å². The summed E-state index contributed by atoms with van der Waals surface area (Å²) >= 11 is 0. The van der Waals surface area contributed by atoms with Crippen molar-refractivity contribution >= 4 is 5.91 Å². The second kappa shape index (κ2) is 9.77. The Morgan fingerprint density at radius 1 is 1.48 bits per heavy atom. The van der Waals surface area contributed by atoms with Crippen LogP contribution < -0.4 is 11.1 Å². The summed E-state index contributed by atoms with van der Waals surface area (Å²) in [4.78, 5) is 10.6. The third kappa shape index (κ3) is 7.32. The van der Waals surface area contributed by atoms with Crippen LogP contribution in [0, 0.1) is 5.92 Å². The maximum atomic E-state index is 10.6. The van der Waals surface area contributed by atoms with E-state index < -0.39 is 5.91 Å². The van der Waals surface area contributed by atoms with Crippen molar-refractivity contribution in [1.82, 2.24) is 5.32 Å². The maximum absolute atomic E-state index is 10.6. The quantitative estimate of drug-likeness (QED) is 0.278. The molecule has 0 heterocycles. The van der Waals surface area contributed by atoms with Crippen LogP contribution in [0.2, 0.25) is 0 Å². The van der Waals surface area contributed by atoms with Gasteiger partial charge in [0.1, 0.15) is 5.76 Å². The highest BCUT2D eigenvalue weighted by molar-refractivity contribution is 5.86. The summed E-state index contributed by atoms with van der Waals surface area (Å²) in [6.07, 6.45) is 16.3. The van der Waals surface area contributed by atoms with E-state index in [1.807, 2.05) is 18.2 Å². The first-order valence-electron chi connectivity index (χ1n) is 7.28. The molecule has 0 fully saturated rings. The van der Waals surface area contributed by atoms with Gasteiger partial charge < -0.3 is 16.2 Å². The number of aliphatic hydroxyl groups is 1. The highest BCUT2D eigenvalue weighted by Crippen LogP contribution is 2.15. The lowest BCUT2D eigenvalue weighted by Crippen LogP contribution is -2.21. The molecule has 4 heteroatoms. The van der Waals surface area contributed by atoms with Crippen molar-refractivity contribution in [3.63, 3.8) is 0 Å². The second-order valence-electron chi connectivity index (χ2n) is 4.90. The lowest BCUT2D eigenvalue weighted by Gasteiger charge is -2.08. The molecule has 4 nitrogen and oxygen atoms in total. The van der Waals surface area contributed by atoms with Crippen molar-refractivity contribution in [2.75, 3.05) is 13.1 Å². The SMILES string of the molecule is CCCCNCC1C=CC=C(/C(O)=C/C=C/C(N)=O)C=C1. The van der Waals surface area contributed by atoms with Crippen molar-refractivity contribution < 1.29 is 9.90 Å². The monoisotopic (exact) mass is 288 g/mol. The number of rotatable bonds is 8. The third-order valence-electron chi connectivity index (χ3n) is 3.05. The zero-order chi connectivity index (χ0) is 15.5. The van der Waals surface area contributed by atoms with Gasteiger partial charge in [-0.05, 0) is 19.0 Å². The van der Waals surface area contributed by atoms with Gasteiger partial charge in [-0.3, -0.25) is 4.79 Å². The molecule has 114 valence electrons. The average molecular weight is 288 g/mol. The topological polar surface area (TPSA) is 75.3 Å². The summed E-state index contributed by atoms with van der Waals surface area (Å²) in [6.45, 7) is 4.09. The molecule has 0 saturated heterocycles. The predicted molar refractivity (Wildman–Crippen MR) is 86.7 cm³/mol. The van der Waals surface area contributed by atoms with E-state index in [0.29, 0.717) is 11.5 Å². The Balaban J connectivity index is 2.54. The van der Waals surface area contributed by atoms with Crippen molar-refractivity contribution in [3.8, 4) is 0 Å². The third-order valence-corrected chi connectivity index (χ3v) is 3.05. The van der Waals surface area contributed by atoms with E-state index in [1.165, 1.54) is 31.1 Å². The molecular formula is C17H24N2O2. The van der Waals surface area contributed by atoms with Gasteiger partial charge in [0.05, 0.1) is 0 Å². The van der Waals surface area contributed by atoms with Crippen LogP contribution in [-0.4, -0.2) is 24.1 Å². The molecule has 1 aliphatic rings. The summed E-state index contributed by atoms with van der Waals surface area (Å²) in [5.74, 6) is -0.125. The van der Waals surface area contributed by atoms with Crippen LogP contribution in [0.1, 0.15) is 19.8 Å². The average Bonchev–Trinajstić information content (AvgIpc) is 2.69. The molecule has 1 atom stereocenters. The minimum Gasteiger partial charge on any atom is -0.507 e. The fraction of sp³-hybridized carbons (Fsp3) is 0.353. The van der Waals surface area contributed by atoms with E-state index in [4.69, 9.17) is 5.73 Å². The summed E-state index contributed by atoms with van der Waals surface area (Å²) in [6, 6.07) is 0. The fourth-order valence-corrected chi connectivity index (χ4v) is 1.86. The van der Waals surface area contributed by atoms with Crippen LogP contribution >= 0.6 is 0 Å². The van der Waals surface area contributed by atoms with Gasteiger partial charge in [0.2, 0.25) is 5.91 Å². The predicted octanol–water partition coefficient (Wildman–Crippen LogP) is 2.53. The molecule has 1 aliphatic carbocycles. The molecule has 0 spiro atoms. The zero-order valence-corrected chi connectivity index (χ0v) is 12.5. The van der Waals surface area contributed by atoms with E-state index >= 15 is 0 Å². The zero-order valence-electron chi connectivity index (χ0n) is 12.5. The van der Waals surface area contributed by atoms with Crippen LogP contribution in [0.4, 0.5) is 0 Å². The molecular weight excluding hydrogens is 264 g/mol. The van der Waals surface area contributed by atoms with Gasteiger partial charge in [-0.1, -0.05) is 49.8 Å². The molecule has 0 saturated carbocycles. The van der Waals surface area contributed by atoms with E-state index in [0.717, 1.165) is 13.1 Å². The number of amides is 1.